The molecule has 37 heavy (non-hydrogen) atoms. The maximum absolute atomic E-state index is 13.5. The van der Waals surface area contributed by atoms with Gasteiger partial charge in [0.2, 0.25) is 0 Å². The fourth-order valence-electron chi connectivity index (χ4n) is 4.05. The van der Waals surface area contributed by atoms with Gasteiger partial charge in [-0.15, -0.1) is 0 Å². The highest BCUT2D eigenvalue weighted by Crippen LogP contribution is 2.19. The van der Waals surface area contributed by atoms with Crippen LogP contribution in [0.5, 0.6) is 5.75 Å². The van der Waals surface area contributed by atoms with Crippen LogP contribution >= 0.6 is 0 Å². The lowest BCUT2D eigenvalue weighted by Crippen LogP contribution is -2.26. The van der Waals surface area contributed by atoms with Crippen LogP contribution in [0.25, 0.3) is 10.9 Å². The summed E-state index contributed by atoms with van der Waals surface area (Å²) in [7, 11) is -3.47. The van der Waals surface area contributed by atoms with Gasteiger partial charge >= 0.3 is 5.97 Å². The summed E-state index contributed by atoms with van der Waals surface area (Å²) >= 11 is 0. The molecular weight excluding hydrogens is 492 g/mol. The van der Waals surface area contributed by atoms with E-state index in [1.165, 1.54) is 18.2 Å². The van der Waals surface area contributed by atoms with Crippen LogP contribution in [0.1, 0.15) is 47.1 Å². The molecule has 1 N–H and O–H groups in total. The molecule has 192 valence electrons. The van der Waals surface area contributed by atoms with Crippen molar-refractivity contribution in [2.45, 2.75) is 44.2 Å². The Morgan fingerprint density at radius 2 is 1.78 bits per heavy atom. The molecule has 3 aromatic carbocycles. The molecule has 0 bridgehead atoms. The number of carbonyl (C=O) groups is 1. The third-order valence-electron chi connectivity index (χ3n) is 6.09. The summed E-state index contributed by atoms with van der Waals surface area (Å²) in [5.41, 5.74) is 1.80. The van der Waals surface area contributed by atoms with Gasteiger partial charge in [0.15, 0.2) is 9.84 Å². The van der Waals surface area contributed by atoms with Crippen molar-refractivity contribution in [1.82, 2.24) is 9.55 Å². The van der Waals surface area contributed by atoms with Gasteiger partial charge in [-0.05, 0) is 48.4 Å². The predicted molar refractivity (Wildman–Crippen MR) is 141 cm³/mol. The Hall–Kier alpha value is -3.98. The fraction of sp³-hybridized carbons (Fsp3) is 0.250. The molecule has 0 unspecified atom stereocenters. The van der Waals surface area contributed by atoms with Gasteiger partial charge in [-0.2, -0.15) is 0 Å². The minimum absolute atomic E-state index is 0.0812. The van der Waals surface area contributed by atoms with Crippen molar-refractivity contribution in [3.63, 3.8) is 0 Å². The van der Waals surface area contributed by atoms with Crippen molar-refractivity contribution in [3.8, 4) is 5.75 Å². The van der Waals surface area contributed by atoms with Gasteiger partial charge in [-0.3, -0.25) is 9.36 Å². The second-order valence-electron chi connectivity index (χ2n) is 8.87. The van der Waals surface area contributed by atoms with Crippen molar-refractivity contribution in [2.24, 2.45) is 0 Å². The van der Waals surface area contributed by atoms with Crippen molar-refractivity contribution in [2.75, 3.05) is 6.26 Å². The smallest absolute Gasteiger partial charge is 0.336 e. The normalized spacial score (nSPS) is 11.5. The standard InChI is InChI=1S/C28H28N2O6S/c1-3-4-9-26-29-25-15-14-22(37(2,34)35)16-24(25)27(31)30(26)17-19-10-12-21(13-11-19)36-18-20-7-5-6-8-23(20)28(32)33/h5-8,10-16H,3-4,9,17-18H2,1-2H3,(H,32,33). The Labute approximate surface area is 215 Å². The number of hydrogen-bond donors (Lipinski definition) is 1. The Bertz CT molecular complexity index is 1610. The maximum atomic E-state index is 13.5. The van der Waals surface area contributed by atoms with E-state index >= 15 is 0 Å². The van der Waals surface area contributed by atoms with Crippen LogP contribution in [0.4, 0.5) is 0 Å². The van der Waals surface area contributed by atoms with Crippen molar-refractivity contribution < 1.29 is 23.1 Å². The predicted octanol–water partition coefficient (Wildman–Crippen LogP) is 4.47. The highest BCUT2D eigenvalue weighted by atomic mass is 32.2. The van der Waals surface area contributed by atoms with E-state index < -0.39 is 15.8 Å². The molecule has 8 nitrogen and oxygen atoms in total. The number of carboxylic acid groups (broad SMARTS) is 1. The number of sulfone groups is 1. The van der Waals surface area contributed by atoms with Crippen LogP contribution in [-0.2, 0) is 29.4 Å². The molecule has 4 aromatic rings. The van der Waals surface area contributed by atoms with Gasteiger partial charge in [0.1, 0.15) is 18.2 Å². The molecule has 0 radical (unpaired) electrons. The number of unbranched alkanes of at least 4 members (excludes halogenated alkanes) is 1. The number of nitrogens with zero attached hydrogens (tertiary/aromatic N) is 2. The first-order valence-electron chi connectivity index (χ1n) is 11.9. The third kappa shape index (κ3) is 6.06. The largest absolute Gasteiger partial charge is 0.489 e. The molecular formula is C28H28N2O6S. The third-order valence-corrected chi connectivity index (χ3v) is 7.20. The number of rotatable bonds is 10. The topological polar surface area (TPSA) is 116 Å². The molecule has 0 saturated carbocycles. The SMILES string of the molecule is CCCCc1nc2ccc(S(C)(=O)=O)cc2c(=O)n1Cc1ccc(OCc2ccccc2C(=O)O)cc1. The van der Waals surface area contributed by atoms with Crippen molar-refractivity contribution in [3.05, 3.63) is 99.6 Å². The first-order chi connectivity index (χ1) is 17.7. The van der Waals surface area contributed by atoms with E-state index in [4.69, 9.17) is 9.72 Å². The minimum atomic E-state index is -3.47. The molecule has 0 aliphatic rings. The lowest BCUT2D eigenvalue weighted by atomic mass is 10.1. The number of ether oxygens (including phenoxy) is 1. The first-order valence-corrected chi connectivity index (χ1v) is 13.8. The van der Waals surface area contributed by atoms with Crippen LogP contribution in [0.2, 0.25) is 0 Å². The van der Waals surface area contributed by atoms with Gasteiger partial charge in [0.25, 0.3) is 5.56 Å². The number of benzene rings is 3. The van der Waals surface area contributed by atoms with Crippen LogP contribution in [0.3, 0.4) is 0 Å². The van der Waals surface area contributed by atoms with E-state index in [1.54, 1.807) is 41.0 Å². The van der Waals surface area contributed by atoms with Crippen molar-refractivity contribution in [1.29, 1.82) is 0 Å². The Balaban J connectivity index is 1.61. The van der Waals surface area contributed by atoms with E-state index in [9.17, 15) is 23.1 Å². The summed E-state index contributed by atoms with van der Waals surface area (Å²) in [6.45, 7) is 2.45. The summed E-state index contributed by atoms with van der Waals surface area (Å²) in [6.07, 6.45) is 3.54. The second-order valence-corrected chi connectivity index (χ2v) is 10.9. The Morgan fingerprint density at radius 1 is 1.05 bits per heavy atom. The van der Waals surface area contributed by atoms with Gasteiger partial charge < -0.3 is 9.84 Å². The zero-order chi connectivity index (χ0) is 26.6. The van der Waals surface area contributed by atoms with E-state index in [-0.39, 0.29) is 34.6 Å². The number of aromatic nitrogens is 2. The number of carboxylic acids is 1. The monoisotopic (exact) mass is 520 g/mol. The molecule has 0 amide bonds. The number of fused-ring (bicyclic) bond motifs is 1. The molecule has 0 aliphatic carbocycles. The van der Waals surface area contributed by atoms with Crippen LogP contribution in [0.15, 0.2) is 76.4 Å². The molecule has 1 aromatic heterocycles. The van der Waals surface area contributed by atoms with Crippen LogP contribution < -0.4 is 10.3 Å². The molecule has 0 saturated heterocycles. The quantitative estimate of drug-likeness (QED) is 0.328. The maximum Gasteiger partial charge on any atom is 0.336 e. The minimum Gasteiger partial charge on any atom is -0.489 e. The molecule has 4 rings (SSSR count). The zero-order valence-corrected chi connectivity index (χ0v) is 21.5. The molecule has 0 atom stereocenters. The lowest BCUT2D eigenvalue weighted by Gasteiger charge is -2.15. The summed E-state index contributed by atoms with van der Waals surface area (Å²) in [5.74, 6) is 0.209. The summed E-state index contributed by atoms with van der Waals surface area (Å²) in [5, 5.41) is 9.60. The molecule has 1 heterocycles. The Kier molecular flexibility index (Phi) is 7.73. The van der Waals surface area contributed by atoms with Gasteiger partial charge in [0.05, 0.1) is 27.9 Å². The zero-order valence-electron chi connectivity index (χ0n) is 20.7. The number of hydrogen-bond acceptors (Lipinski definition) is 6. The molecule has 0 fully saturated rings. The molecule has 0 spiro atoms. The van der Waals surface area contributed by atoms with Crippen LogP contribution in [0, 0.1) is 0 Å². The summed E-state index contributed by atoms with van der Waals surface area (Å²) in [6, 6.07) is 18.4. The van der Waals surface area contributed by atoms with Crippen LogP contribution in [-0.4, -0.2) is 35.3 Å². The highest BCUT2D eigenvalue weighted by molar-refractivity contribution is 7.90. The van der Waals surface area contributed by atoms with E-state index in [2.05, 4.69) is 6.92 Å². The van der Waals surface area contributed by atoms with Gasteiger partial charge in [-0.1, -0.05) is 43.7 Å². The highest BCUT2D eigenvalue weighted by Gasteiger charge is 2.15. The fourth-order valence-corrected chi connectivity index (χ4v) is 4.70. The van der Waals surface area contributed by atoms with Crippen molar-refractivity contribution >= 4 is 26.7 Å². The van der Waals surface area contributed by atoms with E-state index in [0.717, 1.165) is 24.7 Å². The average Bonchev–Trinajstić information content (AvgIpc) is 2.88. The number of aryl methyl sites for hydroxylation is 1. The van der Waals surface area contributed by atoms with E-state index in [1.807, 2.05) is 12.1 Å². The lowest BCUT2D eigenvalue weighted by molar-refractivity contribution is 0.0694. The summed E-state index contributed by atoms with van der Waals surface area (Å²) in [4.78, 5) is 29.6. The molecule has 9 heteroatoms. The Morgan fingerprint density at radius 3 is 2.46 bits per heavy atom. The number of aromatic carboxylic acids is 1. The second kappa shape index (κ2) is 11.0. The first kappa shape index (κ1) is 26.1. The van der Waals surface area contributed by atoms with Gasteiger partial charge in [0, 0.05) is 18.2 Å². The molecule has 0 aliphatic heterocycles. The average molecular weight is 521 g/mol. The van der Waals surface area contributed by atoms with E-state index in [0.29, 0.717) is 29.1 Å². The van der Waals surface area contributed by atoms with Gasteiger partial charge in [-0.25, -0.2) is 18.2 Å². The summed E-state index contributed by atoms with van der Waals surface area (Å²) < 4.78 is 31.4.